The smallest absolute Gasteiger partial charge is 0.201 e. The topological polar surface area (TPSA) is 60.9 Å². The lowest BCUT2D eigenvalue weighted by Crippen LogP contribution is -2.42. The lowest BCUT2D eigenvalue weighted by atomic mass is 9.71. The molecule has 1 heterocycles. The normalized spacial score (nSPS) is 20.9. The first kappa shape index (κ1) is 13.4. The lowest BCUT2D eigenvalue weighted by Gasteiger charge is -2.40. The van der Waals surface area contributed by atoms with Gasteiger partial charge in [0.15, 0.2) is 0 Å². The van der Waals surface area contributed by atoms with Gasteiger partial charge < -0.3 is 15.4 Å². The number of imidazole rings is 1. The average molecular weight is 273 g/mol. The number of H-pyrrole nitrogens is 1. The quantitative estimate of drug-likeness (QED) is 0.804. The number of aromatic nitrogens is 2. The highest BCUT2D eigenvalue weighted by Crippen LogP contribution is 2.40. The number of hydrogen-bond acceptors (Lipinski definition) is 3. The van der Waals surface area contributed by atoms with Gasteiger partial charge in [-0.3, -0.25) is 0 Å². The molecule has 0 radical (unpaired) electrons. The second kappa shape index (κ2) is 4.77. The molecule has 1 aromatic carbocycles. The van der Waals surface area contributed by atoms with Crippen molar-refractivity contribution in [2.45, 2.75) is 45.1 Å². The molecule has 108 valence electrons. The number of fused-ring (bicyclic) bond motifs is 1. The summed E-state index contributed by atoms with van der Waals surface area (Å²) in [4.78, 5) is 7.71. The van der Waals surface area contributed by atoms with Crippen LogP contribution in [0.15, 0.2) is 24.3 Å². The fourth-order valence-corrected chi connectivity index (χ4v) is 2.85. The third-order valence-corrected chi connectivity index (χ3v) is 4.51. The van der Waals surface area contributed by atoms with Gasteiger partial charge in [-0.15, -0.1) is 0 Å². The van der Waals surface area contributed by atoms with Crippen LogP contribution in [-0.2, 0) is 0 Å². The van der Waals surface area contributed by atoms with Gasteiger partial charge >= 0.3 is 0 Å². The molecule has 4 nitrogen and oxygen atoms in total. The van der Waals surface area contributed by atoms with Gasteiger partial charge in [-0.05, 0) is 43.2 Å². The van der Waals surface area contributed by atoms with Gasteiger partial charge in [0.05, 0.1) is 16.6 Å². The van der Waals surface area contributed by atoms with Gasteiger partial charge in [0.25, 0.3) is 0 Å². The molecule has 3 rings (SSSR count). The van der Waals surface area contributed by atoms with Crippen molar-refractivity contribution in [2.75, 3.05) is 11.9 Å². The molecule has 1 aliphatic rings. The first-order chi connectivity index (χ1) is 9.46. The Morgan fingerprint density at radius 3 is 2.60 bits per heavy atom. The molecular weight excluding hydrogens is 250 g/mol. The van der Waals surface area contributed by atoms with E-state index < -0.39 is 5.60 Å². The van der Waals surface area contributed by atoms with E-state index in [4.69, 9.17) is 0 Å². The Bertz CT molecular complexity index is 560. The lowest BCUT2D eigenvalue weighted by molar-refractivity contribution is -0.0146. The number of aliphatic hydroxyl groups is 1. The molecule has 4 heteroatoms. The summed E-state index contributed by atoms with van der Waals surface area (Å²) in [5.74, 6) is 0.740. The van der Waals surface area contributed by atoms with Gasteiger partial charge in [0, 0.05) is 6.54 Å². The monoisotopic (exact) mass is 273 g/mol. The van der Waals surface area contributed by atoms with E-state index in [0.717, 1.165) is 42.7 Å². The Morgan fingerprint density at radius 1 is 1.20 bits per heavy atom. The largest absolute Gasteiger partial charge is 0.388 e. The molecule has 0 spiro atoms. The predicted molar refractivity (Wildman–Crippen MR) is 81.8 cm³/mol. The molecule has 0 atom stereocenters. The Hall–Kier alpha value is -1.55. The van der Waals surface area contributed by atoms with Crippen molar-refractivity contribution in [3.05, 3.63) is 24.3 Å². The van der Waals surface area contributed by atoms with E-state index in [9.17, 15) is 5.11 Å². The first-order valence-electron chi connectivity index (χ1n) is 7.37. The van der Waals surface area contributed by atoms with Crippen LogP contribution in [0.4, 0.5) is 5.95 Å². The van der Waals surface area contributed by atoms with Crippen LogP contribution in [-0.4, -0.2) is 27.2 Å². The van der Waals surface area contributed by atoms with E-state index >= 15 is 0 Å². The van der Waals surface area contributed by atoms with E-state index in [-0.39, 0.29) is 0 Å². The third kappa shape index (κ3) is 2.80. The SMILES string of the molecule is CC1(C)CCC(O)(CNc2nc3ccccc3[nH]2)CC1. The number of anilines is 1. The Labute approximate surface area is 119 Å². The molecular formula is C16H23N3O. The van der Waals surface area contributed by atoms with Crippen molar-refractivity contribution in [3.8, 4) is 0 Å². The molecule has 3 N–H and O–H groups in total. The van der Waals surface area contributed by atoms with E-state index in [1.165, 1.54) is 0 Å². The van der Waals surface area contributed by atoms with Gasteiger partial charge in [-0.1, -0.05) is 26.0 Å². The maximum Gasteiger partial charge on any atom is 0.201 e. The number of rotatable bonds is 3. The van der Waals surface area contributed by atoms with E-state index in [1.807, 2.05) is 24.3 Å². The van der Waals surface area contributed by atoms with E-state index in [1.54, 1.807) is 0 Å². The maximum absolute atomic E-state index is 10.6. The molecule has 0 bridgehead atoms. The first-order valence-corrected chi connectivity index (χ1v) is 7.37. The van der Waals surface area contributed by atoms with E-state index in [2.05, 4.69) is 29.1 Å². The summed E-state index contributed by atoms with van der Waals surface area (Å²) in [5.41, 5.74) is 1.73. The number of hydrogen-bond donors (Lipinski definition) is 3. The highest BCUT2D eigenvalue weighted by Gasteiger charge is 2.36. The summed E-state index contributed by atoms with van der Waals surface area (Å²) in [6.07, 6.45) is 3.86. The summed E-state index contributed by atoms with van der Waals surface area (Å²) in [6.45, 7) is 5.11. The summed E-state index contributed by atoms with van der Waals surface area (Å²) in [7, 11) is 0. The van der Waals surface area contributed by atoms with Crippen LogP contribution in [0.3, 0.4) is 0 Å². The van der Waals surface area contributed by atoms with Crippen molar-refractivity contribution < 1.29 is 5.11 Å². The van der Waals surface area contributed by atoms with Crippen LogP contribution in [0.2, 0.25) is 0 Å². The molecule has 20 heavy (non-hydrogen) atoms. The maximum atomic E-state index is 10.6. The minimum Gasteiger partial charge on any atom is -0.388 e. The van der Waals surface area contributed by atoms with Crippen LogP contribution in [0, 0.1) is 5.41 Å². The second-order valence-corrected chi connectivity index (χ2v) is 6.84. The van der Waals surface area contributed by atoms with Gasteiger partial charge in [-0.25, -0.2) is 4.98 Å². The number of nitrogens with zero attached hydrogens (tertiary/aromatic N) is 1. The molecule has 0 unspecified atom stereocenters. The fourth-order valence-electron chi connectivity index (χ4n) is 2.85. The summed E-state index contributed by atoms with van der Waals surface area (Å²) < 4.78 is 0. The van der Waals surface area contributed by atoms with E-state index in [0.29, 0.717) is 12.0 Å². The Kier molecular flexibility index (Phi) is 3.21. The molecule has 1 aliphatic carbocycles. The highest BCUT2D eigenvalue weighted by atomic mass is 16.3. The molecule has 1 fully saturated rings. The third-order valence-electron chi connectivity index (χ3n) is 4.51. The molecule has 0 saturated heterocycles. The minimum atomic E-state index is -0.603. The number of nitrogens with one attached hydrogen (secondary N) is 2. The average Bonchev–Trinajstić information content (AvgIpc) is 2.84. The van der Waals surface area contributed by atoms with Gasteiger partial charge in [-0.2, -0.15) is 0 Å². The Morgan fingerprint density at radius 2 is 1.90 bits per heavy atom. The second-order valence-electron chi connectivity index (χ2n) is 6.84. The number of benzene rings is 1. The fraction of sp³-hybridized carbons (Fsp3) is 0.562. The summed E-state index contributed by atoms with van der Waals surface area (Å²) in [6, 6.07) is 7.95. The van der Waals surface area contributed by atoms with Crippen LogP contribution in [0.25, 0.3) is 11.0 Å². The zero-order valence-corrected chi connectivity index (χ0v) is 12.2. The molecule has 2 aromatic rings. The number of aromatic amines is 1. The van der Waals surface area contributed by atoms with Crippen LogP contribution >= 0.6 is 0 Å². The molecule has 1 saturated carbocycles. The van der Waals surface area contributed by atoms with Crippen molar-refractivity contribution in [1.29, 1.82) is 0 Å². The van der Waals surface area contributed by atoms with Crippen LogP contribution in [0.1, 0.15) is 39.5 Å². The highest BCUT2D eigenvalue weighted by molar-refractivity contribution is 5.77. The number of para-hydroxylation sites is 2. The van der Waals surface area contributed by atoms with Crippen molar-refractivity contribution >= 4 is 17.0 Å². The predicted octanol–water partition coefficient (Wildman–Crippen LogP) is 3.31. The van der Waals surface area contributed by atoms with Gasteiger partial charge in [0.1, 0.15) is 0 Å². The molecule has 0 amide bonds. The van der Waals surface area contributed by atoms with Crippen molar-refractivity contribution in [3.63, 3.8) is 0 Å². The van der Waals surface area contributed by atoms with Crippen LogP contribution < -0.4 is 5.32 Å². The zero-order chi connectivity index (χ0) is 14.2. The standard InChI is InChI=1S/C16H23N3O/c1-15(2)7-9-16(20,10-8-15)11-17-14-18-12-5-3-4-6-13(12)19-14/h3-6,20H,7-11H2,1-2H3,(H2,17,18,19). The summed E-state index contributed by atoms with van der Waals surface area (Å²) >= 11 is 0. The van der Waals surface area contributed by atoms with Crippen LogP contribution in [0.5, 0.6) is 0 Å². The minimum absolute atomic E-state index is 0.367. The Balaban J connectivity index is 1.64. The molecule has 1 aromatic heterocycles. The van der Waals surface area contributed by atoms with Crippen molar-refractivity contribution in [1.82, 2.24) is 9.97 Å². The van der Waals surface area contributed by atoms with Crippen molar-refractivity contribution in [2.24, 2.45) is 5.41 Å². The zero-order valence-electron chi connectivity index (χ0n) is 12.2. The van der Waals surface area contributed by atoms with Gasteiger partial charge in [0.2, 0.25) is 5.95 Å². The summed E-state index contributed by atoms with van der Waals surface area (Å²) in [5, 5.41) is 13.9. The molecule has 0 aliphatic heterocycles.